The van der Waals surface area contributed by atoms with E-state index in [1.807, 2.05) is 0 Å². The fourth-order valence-electron chi connectivity index (χ4n) is 2.29. The molecule has 0 aromatic heterocycles. The van der Waals surface area contributed by atoms with Gasteiger partial charge < -0.3 is 9.84 Å². The van der Waals surface area contributed by atoms with Gasteiger partial charge >= 0.3 is 16.2 Å². The van der Waals surface area contributed by atoms with Crippen LogP contribution in [-0.2, 0) is 14.9 Å². The molecule has 1 aliphatic heterocycles. The van der Waals surface area contributed by atoms with E-state index in [9.17, 15) is 13.2 Å². The minimum Gasteiger partial charge on any atom is -0.478 e. The van der Waals surface area contributed by atoms with Crippen molar-refractivity contribution in [3.05, 3.63) is 28.8 Å². The quantitative estimate of drug-likeness (QED) is 0.846. The molecular weight excluding hydrogens is 332 g/mol. The molecule has 1 aliphatic rings. The molecule has 0 unspecified atom stereocenters. The van der Waals surface area contributed by atoms with Crippen LogP contribution in [0.3, 0.4) is 0 Å². The predicted molar refractivity (Wildman–Crippen MR) is 82.6 cm³/mol. The second-order valence-corrected chi connectivity index (χ2v) is 7.04. The number of methoxy groups -OCH3 is 1. The van der Waals surface area contributed by atoms with Gasteiger partial charge in [0.05, 0.1) is 17.4 Å². The Balaban J connectivity index is 2.18. The lowest BCUT2D eigenvalue weighted by molar-refractivity contribution is 0.0606. The molecule has 0 aliphatic carbocycles. The average molecular weight is 349 g/mol. The first-order chi connectivity index (χ1) is 10.3. The molecule has 0 amide bonds. The number of nitrogens with zero attached hydrogens (tertiary/aromatic N) is 1. The first-order valence-corrected chi connectivity index (χ1v) is 8.49. The molecular formula is C13H17ClN2O5S. The topological polar surface area (TPSA) is 95.9 Å². The van der Waals surface area contributed by atoms with Crippen molar-refractivity contribution < 1.29 is 23.1 Å². The molecule has 7 nitrogen and oxygen atoms in total. The number of rotatable bonds is 5. The third-order valence-corrected chi connectivity index (χ3v) is 5.28. The lowest BCUT2D eigenvalue weighted by atomic mass is 10.1. The summed E-state index contributed by atoms with van der Waals surface area (Å²) in [6.07, 6.45) is 1.25. The van der Waals surface area contributed by atoms with Gasteiger partial charge in [-0.15, -0.1) is 0 Å². The zero-order valence-corrected chi connectivity index (χ0v) is 13.5. The number of nitrogens with one attached hydrogen (secondary N) is 1. The predicted octanol–water partition coefficient (Wildman–Crippen LogP) is 1.81. The molecule has 9 heteroatoms. The van der Waals surface area contributed by atoms with Crippen LogP contribution in [0.1, 0.15) is 23.2 Å². The maximum absolute atomic E-state index is 12.4. The van der Waals surface area contributed by atoms with Gasteiger partial charge in [0.2, 0.25) is 0 Å². The fourth-order valence-corrected chi connectivity index (χ4v) is 3.74. The van der Waals surface area contributed by atoms with Gasteiger partial charge in [0, 0.05) is 25.2 Å². The highest BCUT2D eigenvalue weighted by atomic mass is 35.5. The van der Waals surface area contributed by atoms with Crippen molar-refractivity contribution in [2.24, 2.45) is 0 Å². The normalized spacial score (nSPS) is 17.4. The standard InChI is InChI=1S/C13H17ClN2O5S/c1-21-10-4-6-16(7-5-10)22(19,20)15-12-3-2-9(14)8-11(12)13(17)18/h2-3,8,10,15H,4-7H2,1H3,(H,17,18). The smallest absolute Gasteiger partial charge is 0.337 e. The molecule has 0 saturated carbocycles. The summed E-state index contributed by atoms with van der Waals surface area (Å²) in [5.74, 6) is -1.25. The molecule has 0 atom stereocenters. The zero-order valence-electron chi connectivity index (χ0n) is 12.0. The van der Waals surface area contributed by atoms with Crippen molar-refractivity contribution >= 4 is 33.5 Å². The Labute approximate surface area is 134 Å². The fraction of sp³-hybridized carbons (Fsp3) is 0.462. The van der Waals surface area contributed by atoms with Gasteiger partial charge in [0.15, 0.2) is 0 Å². The van der Waals surface area contributed by atoms with Gasteiger partial charge in [-0.1, -0.05) is 11.6 Å². The first kappa shape index (κ1) is 17.0. The Morgan fingerprint density at radius 3 is 2.59 bits per heavy atom. The SMILES string of the molecule is COC1CCN(S(=O)(=O)Nc2ccc(Cl)cc2C(=O)O)CC1. The summed E-state index contributed by atoms with van der Waals surface area (Å²) in [5, 5.41) is 9.36. The number of halogens is 1. The zero-order chi connectivity index (χ0) is 16.3. The summed E-state index contributed by atoms with van der Waals surface area (Å²) in [6.45, 7) is 0.646. The van der Waals surface area contributed by atoms with E-state index in [0.717, 1.165) is 0 Å². The largest absolute Gasteiger partial charge is 0.478 e. The lowest BCUT2D eigenvalue weighted by Gasteiger charge is -2.30. The number of hydrogen-bond donors (Lipinski definition) is 2. The molecule has 1 aromatic carbocycles. The number of aromatic carboxylic acids is 1. The van der Waals surface area contributed by atoms with Gasteiger partial charge in [-0.3, -0.25) is 4.72 Å². The molecule has 22 heavy (non-hydrogen) atoms. The summed E-state index contributed by atoms with van der Waals surface area (Å²) < 4.78 is 33.5. The van der Waals surface area contributed by atoms with Crippen molar-refractivity contribution in [2.45, 2.75) is 18.9 Å². The monoisotopic (exact) mass is 348 g/mol. The summed E-state index contributed by atoms with van der Waals surface area (Å²) in [5.41, 5.74) is -0.200. The van der Waals surface area contributed by atoms with Crippen LogP contribution in [0.25, 0.3) is 0 Å². The Bertz CT molecular complexity index is 656. The average Bonchev–Trinajstić information content (AvgIpc) is 2.48. The molecule has 122 valence electrons. The van der Waals surface area contributed by atoms with Crippen molar-refractivity contribution in [3.8, 4) is 0 Å². The minimum atomic E-state index is -3.82. The van der Waals surface area contributed by atoms with E-state index in [-0.39, 0.29) is 22.4 Å². The summed E-state index contributed by atoms with van der Waals surface area (Å²) in [6, 6.07) is 3.98. The maximum Gasteiger partial charge on any atom is 0.337 e. The highest BCUT2D eigenvalue weighted by Crippen LogP contribution is 2.24. The number of piperidine rings is 1. The van der Waals surface area contributed by atoms with Crippen LogP contribution in [-0.4, -0.2) is 50.1 Å². The first-order valence-electron chi connectivity index (χ1n) is 6.67. The van der Waals surface area contributed by atoms with Crippen molar-refractivity contribution in [1.82, 2.24) is 4.31 Å². The molecule has 1 fully saturated rings. The maximum atomic E-state index is 12.4. The minimum absolute atomic E-state index is 0.00855. The van der Waals surface area contributed by atoms with Crippen LogP contribution in [0, 0.1) is 0 Å². The number of anilines is 1. The molecule has 0 spiro atoms. The number of carboxylic acid groups (broad SMARTS) is 1. The summed E-state index contributed by atoms with van der Waals surface area (Å²) in [7, 11) is -2.22. The highest BCUT2D eigenvalue weighted by molar-refractivity contribution is 7.90. The van der Waals surface area contributed by atoms with E-state index in [2.05, 4.69) is 4.72 Å². The second-order valence-electron chi connectivity index (χ2n) is 4.94. The Kier molecular flexibility index (Phi) is 5.28. The van der Waals surface area contributed by atoms with Crippen LogP contribution in [0.4, 0.5) is 5.69 Å². The van der Waals surface area contributed by atoms with Crippen LogP contribution in [0.5, 0.6) is 0 Å². The van der Waals surface area contributed by atoms with Gasteiger partial charge in [-0.05, 0) is 31.0 Å². The molecule has 2 N–H and O–H groups in total. The van der Waals surface area contributed by atoms with Gasteiger partial charge in [0.25, 0.3) is 0 Å². The third-order valence-electron chi connectivity index (χ3n) is 3.53. The molecule has 1 heterocycles. The highest BCUT2D eigenvalue weighted by Gasteiger charge is 2.28. The van der Waals surface area contributed by atoms with Crippen molar-refractivity contribution in [2.75, 3.05) is 24.9 Å². The van der Waals surface area contributed by atoms with E-state index < -0.39 is 16.2 Å². The Morgan fingerprint density at radius 1 is 1.41 bits per heavy atom. The van der Waals surface area contributed by atoms with Gasteiger partial charge in [-0.25, -0.2) is 4.79 Å². The molecule has 2 rings (SSSR count). The van der Waals surface area contributed by atoms with Crippen molar-refractivity contribution in [3.63, 3.8) is 0 Å². The number of hydrogen-bond acceptors (Lipinski definition) is 4. The Hall–Kier alpha value is -1.35. The van der Waals surface area contributed by atoms with Crippen LogP contribution < -0.4 is 4.72 Å². The van der Waals surface area contributed by atoms with Crippen LogP contribution in [0.15, 0.2) is 18.2 Å². The third kappa shape index (κ3) is 3.89. The summed E-state index contributed by atoms with van der Waals surface area (Å²) in [4.78, 5) is 11.2. The molecule has 1 saturated heterocycles. The van der Waals surface area contributed by atoms with E-state index in [1.165, 1.54) is 22.5 Å². The van der Waals surface area contributed by atoms with E-state index >= 15 is 0 Å². The number of benzene rings is 1. The van der Waals surface area contributed by atoms with E-state index in [0.29, 0.717) is 25.9 Å². The molecule has 0 bridgehead atoms. The summed E-state index contributed by atoms with van der Waals surface area (Å²) >= 11 is 5.75. The van der Waals surface area contributed by atoms with E-state index in [1.54, 1.807) is 7.11 Å². The molecule has 0 radical (unpaired) electrons. The number of carbonyl (C=O) groups is 1. The van der Waals surface area contributed by atoms with Crippen molar-refractivity contribution in [1.29, 1.82) is 0 Å². The van der Waals surface area contributed by atoms with Crippen LogP contribution in [0.2, 0.25) is 5.02 Å². The lowest BCUT2D eigenvalue weighted by Crippen LogP contribution is -2.43. The second kappa shape index (κ2) is 6.82. The van der Waals surface area contributed by atoms with E-state index in [4.69, 9.17) is 21.4 Å². The van der Waals surface area contributed by atoms with Gasteiger partial charge in [-0.2, -0.15) is 12.7 Å². The van der Waals surface area contributed by atoms with Gasteiger partial charge in [0.1, 0.15) is 0 Å². The number of ether oxygens (including phenoxy) is 1. The number of carboxylic acids is 1. The van der Waals surface area contributed by atoms with Crippen LogP contribution >= 0.6 is 11.6 Å². The Morgan fingerprint density at radius 2 is 2.05 bits per heavy atom. The molecule has 1 aromatic rings.